The molecule has 0 aromatic heterocycles. The van der Waals surface area contributed by atoms with Crippen LogP contribution in [0.4, 0.5) is 0 Å². The maximum Gasteiger partial charge on any atom is 0.188 e. The van der Waals surface area contributed by atoms with Crippen LogP contribution in [-0.2, 0) is 0 Å². The van der Waals surface area contributed by atoms with E-state index in [9.17, 15) is 4.79 Å². The number of allylic oxidation sites excluding steroid dienone is 2. The summed E-state index contributed by atoms with van der Waals surface area (Å²) in [6.45, 7) is 6.86. The van der Waals surface area contributed by atoms with E-state index < -0.39 is 0 Å². The van der Waals surface area contributed by atoms with Gasteiger partial charge in [0.25, 0.3) is 0 Å². The maximum atomic E-state index is 12.3. The van der Waals surface area contributed by atoms with E-state index in [-0.39, 0.29) is 5.78 Å². The fraction of sp³-hybridized carbons (Fsp3) is 0.471. The molecule has 0 spiro atoms. The zero-order valence-corrected chi connectivity index (χ0v) is 11.6. The predicted molar refractivity (Wildman–Crippen MR) is 75.7 cm³/mol. The third-order valence-corrected chi connectivity index (χ3v) is 3.96. The predicted octanol–water partition coefficient (Wildman–Crippen LogP) is 4.64. The first-order valence-corrected chi connectivity index (χ1v) is 6.77. The second kappa shape index (κ2) is 5.09. The van der Waals surface area contributed by atoms with E-state index in [1.54, 1.807) is 0 Å². The smallest absolute Gasteiger partial charge is 0.188 e. The van der Waals surface area contributed by atoms with Crippen LogP contribution in [0, 0.1) is 11.3 Å². The molecule has 1 aromatic rings. The number of benzene rings is 1. The lowest BCUT2D eigenvalue weighted by Gasteiger charge is -2.33. The van der Waals surface area contributed by atoms with E-state index in [1.807, 2.05) is 30.3 Å². The molecule has 1 atom stereocenters. The van der Waals surface area contributed by atoms with Crippen LogP contribution in [0.2, 0.25) is 0 Å². The summed E-state index contributed by atoms with van der Waals surface area (Å²) < 4.78 is 0. The average Bonchev–Trinajstić information content (AvgIpc) is 2.38. The van der Waals surface area contributed by atoms with E-state index in [1.165, 1.54) is 0 Å². The quantitative estimate of drug-likeness (QED) is 0.690. The van der Waals surface area contributed by atoms with Gasteiger partial charge in [-0.05, 0) is 36.2 Å². The Hall–Kier alpha value is -1.37. The summed E-state index contributed by atoms with van der Waals surface area (Å²) in [5, 5.41) is 0. The van der Waals surface area contributed by atoms with Crippen LogP contribution in [0.15, 0.2) is 42.0 Å². The van der Waals surface area contributed by atoms with Gasteiger partial charge < -0.3 is 0 Å². The number of carbonyl (C=O) groups excluding carboxylic acids is 1. The van der Waals surface area contributed by atoms with Crippen LogP contribution in [0.3, 0.4) is 0 Å². The molecule has 0 aliphatic heterocycles. The molecule has 0 amide bonds. The lowest BCUT2D eigenvalue weighted by atomic mass is 9.72. The van der Waals surface area contributed by atoms with Crippen LogP contribution >= 0.6 is 0 Å². The lowest BCUT2D eigenvalue weighted by Crippen LogP contribution is -2.23. The minimum Gasteiger partial charge on any atom is -0.289 e. The molecule has 0 N–H and O–H groups in total. The molecule has 0 saturated carbocycles. The maximum absolute atomic E-state index is 12.3. The van der Waals surface area contributed by atoms with Crippen molar-refractivity contribution in [1.82, 2.24) is 0 Å². The number of hydrogen-bond acceptors (Lipinski definition) is 1. The van der Waals surface area contributed by atoms with Gasteiger partial charge >= 0.3 is 0 Å². The van der Waals surface area contributed by atoms with Crippen molar-refractivity contribution in [2.75, 3.05) is 0 Å². The van der Waals surface area contributed by atoms with Gasteiger partial charge in [-0.2, -0.15) is 0 Å². The summed E-state index contributed by atoms with van der Waals surface area (Å²) in [7, 11) is 0. The van der Waals surface area contributed by atoms with Gasteiger partial charge in [-0.15, -0.1) is 0 Å². The normalized spacial score (nSPS) is 20.4. The summed E-state index contributed by atoms with van der Waals surface area (Å²) >= 11 is 0. The first kappa shape index (κ1) is 13.1. The average molecular weight is 242 g/mol. The van der Waals surface area contributed by atoms with Gasteiger partial charge in [0, 0.05) is 5.56 Å². The SMILES string of the molecule is CC(C)(C)C1CC=C(C(=O)c2ccccc2)CC1. The Balaban J connectivity index is 2.09. The van der Waals surface area contributed by atoms with E-state index in [4.69, 9.17) is 0 Å². The molecule has 96 valence electrons. The second-order valence-electron chi connectivity index (χ2n) is 6.26. The van der Waals surface area contributed by atoms with Gasteiger partial charge in [0.2, 0.25) is 0 Å². The van der Waals surface area contributed by atoms with Crippen LogP contribution in [0.1, 0.15) is 50.4 Å². The van der Waals surface area contributed by atoms with E-state index in [0.717, 1.165) is 30.4 Å². The van der Waals surface area contributed by atoms with Gasteiger partial charge in [0.05, 0.1) is 0 Å². The standard InChI is InChI=1S/C17H22O/c1-17(2,3)15-11-9-14(10-12-15)16(18)13-7-5-4-6-8-13/h4-9,15H,10-12H2,1-3H3. The minimum atomic E-state index is 0.211. The summed E-state index contributed by atoms with van der Waals surface area (Å²) in [6.07, 6.45) is 5.26. The van der Waals surface area contributed by atoms with Crippen LogP contribution in [0.5, 0.6) is 0 Å². The van der Waals surface area contributed by atoms with Gasteiger partial charge in [0.1, 0.15) is 0 Å². The second-order valence-corrected chi connectivity index (χ2v) is 6.26. The van der Waals surface area contributed by atoms with E-state index >= 15 is 0 Å². The van der Waals surface area contributed by atoms with E-state index in [0.29, 0.717) is 11.3 Å². The topological polar surface area (TPSA) is 17.1 Å². The van der Waals surface area contributed by atoms with E-state index in [2.05, 4.69) is 26.8 Å². The molecule has 1 aliphatic rings. The molecule has 2 rings (SSSR count). The Morgan fingerprint density at radius 3 is 2.33 bits per heavy atom. The molecule has 0 bridgehead atoms. The van der Waals surface area contributed by atoms with Crippen LogP contribution < -0.4 is 0 Å². The van der Waals surface area contributed by atoms with Crippen molar-refractivity contribution in [2.24, 2.45) is 11.3 Å². The highest BCUT2D eigenvalue weighted by Gasteiger charge is 2.27. The van der Waals surface area contributed by atoms with Gasteiger partial charge in [-0.25, -0.2) is 0 Å². The Morgan fingerprint density at radius 1 is 1.17 bits per heavy atom. The molecule has 18 heavy (non-hydrogen) atoms. The molecule has 0 radical (unpaired) electrons. The van der Waals surface area contributed by atoms with Crippen molar-refractivity contribution in [3.8, 4) is 0 Å². The largest absolute Gasteiger partial charge is 0.289 e. The molecule has 1 aromatic carbocycles. The molecule has 1 aliphatic carbocycles. The van der Waals surface area contributed by atoms with Gasteiger partial charge in [-0.3, -0.25) is 4.79 Å². The van der Waals surface area contributed by atoms with Crippen LogP contribution in [0.25, 0.3) is 0 Å². The number of ketones is 1. The summed E-state index contributed by atoms with van der Waals surface area (Å²) in [5.41, 5.74) is 2.16. The molecule has 0 saturated heterocycles. The third-order valence-electron chi connectivity index (χ3n) is 3.96. The summed E-state index contributed by atoms with van der Waals surface area (Å²) in [6, 6.07) is 9.60. The van der Waals surface area contributed by atoms with Crippen molar-refractivity contribution >= 4 is 5.78 Å². The minimum absolute atomic E-state index is 0.211. The monoisotopic (exact) mass is 242 g/mol. The van der Waals surface area contributed by atoms with Crippen molar-refractivity contribution in [1.29, 1.82) is 0 Å². The Morgan fingerprint density at radius 2 is 1.83 bits per heavy atom. The number of hydrogen-bond donors (Lipinski definition) is 0. The first-order chi connectivity index (χ1) is 8.48. The fourth-order valence-electron chi connectivity index (χ4n) is 2.60. The molecule has 1 nitrogen and oxygen atoms in total. The zero-order valence-electron chi connectivity index (χ0n) is 11.6. The summed E-state index contributed by atoms with van der Waals surface area (Å²) in [4.78, 5) is 12.3. The molecule has 1 unspecified atom stereocenters. The molecule has 0 heterocycles. The highest BCUT2D eigenvalue weighted by molar-refractivity contribution is 6.08. The van der Waals surface area contributed by atoms with Crippen molar-refractivity contribution in [3.63, 3.8) is 0 Å². The highest BCUT2D eigenvalue weighted by atomic mass is 16.1. The van der Waals surface area contributed by atoms with Gasteiger partial charge in [0.15, 0.2) is 5.78 Å². The molecular formula is C17H22O. The van der Waals surface area contributed by atoms with Crippen LogP contribution in [-0.4, -0.2) is 5.78 Å². The Bertz CT molecular complexity index is 448. The number of rotatable bonds is 2. The number of Topliss-reactive ketones (excluding diaryl/α,β-unsaturated/α-hetero) is 1. The fourth-order valence-corrected chi connectivity index (χ4v) is 2.60. The van der Waals surface area contributed by atoms with Crippen molar-refractivity contribution in [3.05, 3.63) is 47.5 Å². The first-order valence-electron chi connectivity index (χ1n) is 6.77. The molecular weight excluding hydrogens is 220 g/mol. The van der Waals surface area contributed by atoms with Crippen molar-refractivity contribution in [2.45, 2.75) is 40.0 Å². The number of carbonyl (C=O) groups is 1. The zero-order chi connectivity index (χ0) is 13.2. The third kappa shape index (κ3) is 2.90. The van der Waals surface area contributed by atoms with Gasteiger partial charge in [-0.1, -0.05) is 57.2 Å². The Labute approximate surface area is 110 Å². The lowest BCUT2D eigenvalue weighted by molar-refractivity contribution is 0.102. The molecule has 0 fully saturated rings. The van der Waals surface area contributed by atoms with Crippen molar-refractivity contribution < 1.29 is 4.79 Å². The molecule has 1 heteroatoms. The highest BCUT2D eigenvalue weighted by Crippen LogP contribution is 2.37. The summed E-state index contributed by atoms with van der Waals surface area (Å²) in [5.74, 6) is 0.910. The Kier molecular flexibility index (Phi) is 3.70.